The summed E-state index contributed by atoms with van der Waals surface area (Å²) in [5.41, 5.74) is 3.36. The maximum Gasteiger partial charge on any atom is 0.224 e. The SMILES string of the molecule is C=C1CC1CNc1nc(Cl)nc2c1NCCC2. The van der Waals surface area contributed by atoms with Crippen LogP contribution in [0.2, 0.25) is 5.28 Å². The summed E-state index contributed by atoms with van der Waals surface area (Å²) < 4.78 is 0. The highest BCUT2D eigenvalue weighted by molar-refractivity contribution is 6.28. The highest BCUT2D eigenvalue weighted by Gasteiger charge is 2.27. The maximum atomic E-state index is 5.93. The smallest absolute Gasteiger partial charge is 0.224 e. The predicted molar refractivity (Wildman–Crippen MR) is 69.6 cm³/mol. The van der Waals surface area contributed by atoms with Crippen LogP contribution in [0.4, 0.5) is 11.5 Å². The molecule has 0 bridgehead atoms. The van der Waals surface area contributed by atoms with Gasteiger partial charge in [-0.3, -0.25) is 0 Å². The number of fused-ring (bicyclic) bond motifs is 1. The van der Waals surface area contributed by atoms with Gasteiger partial charge >= 0.3 is 0 Å². The Morgan fingerprint density at radius 3 is 3.06 bits per heavy atom. The second-order valence-electron chi connectivity index (χ2n) is 4.63. The quantitative estimate of drug-likeness (QED) is 0.639. The van der Waals surface area contributed by atoms with Gasteiger partial charge in [-0.05, 0) is 30.9 Å². The van der Waals surface area contributed by atoms with Crippen molar-refractivity contribution >= 4 is 23.1 Å². The molecule has 1 atom stereocenters. The van der Waals surface area contributed by atoms with Gasteiger partial charge < -0.3 is 10.6 Å². The van der Waals surface area contributed by atoms with Crippen molar-refractivity contribution in [3.8, 4) is 0 Å². The summed E-state index contributed by atoms with van der Waals surface area (Å²) in [5.74, 6) is 1.43. The zero-order valence-electron chi connectivity index (χ0n) is 9.59. The normalized spacial score (nSPS) is 21.7. The lowest BCUT2D eigenvalue weighted by Gasteiger charge is -2.20. The van der Waals surface area contributed by atoms with Gasteiger partial charge in [0.2, 0.25) is 5.28 Å². The molecule has 1 aromatic rings. The van der Waals surface area contributed by atoms with Gasteiger partial charge in [-0.1, -0.05) is 12.2 Å². The van der Waals surface area contributed by atoms with Crippen LogP contribution in [-0.4, -0.2) is 23.1 Å². The van der Waals surface area contributed by atoms with Gasteiger partial charge in [-0.25, -0.2) is 4.98 Å². The number of nitrogens with one attached hydrogen (secondary N) is 2. The Bertz CT molecular complexity index is 472. The lowest BCUT2D eigenvalue weighted by molar-refractivity contribution is 0.792. The van der Waals surface area contributed by atoms with Crippen LogP contribution in [0.1, 0.15) is 18.5 Å². The van der Waals surface area contributed by atoms with E-state index in [0.29, 0.717) is 11.2 Å². The van der Waals surface area contributed by atoms with Crippen LogP contribution < -0.4 is 10.6 Å². The Morgan fingerprint density at radius 1 is 1.47 bits per heavy atom. The maximum absolute atomic E-state index is 5.93. The summed E-state index contributed by atoms with van der Waals surface area (Å²) in [4.78, 5) is 8.53. The molecule has 90 valence electrons. The first-order valence-corrected chi connectivity index (χ1v) is 6.33. The van der Waals surface area contributed by atoms with Crippen molar-refractivity contribution < 1.29 is 0 Å². The molecular formula is C12H15ClN4. The first-order valence-electron chi connectivity index (χ1n) is 5.96. The molecule has 3 rings (SSSR count). The van der Waals surface area contributed by atoms with Gasteiger partial charge in [0.25, 0.3) is 0 Å². The molecule has 0 amide bonds. The molecule has 0 radical (unpaired) electrons. The summed E-state index contributed by atoms with van der Waals surface area (Å²) in [7, 11) is 0. The Morgan fingerprint density at radius 2 is 2.29 bits per heavy atom. The van der Waals surface area contributed by atoms with E-state index in [1.807, 2.05) is 0 Å². The molecule has 2 N–H and O–H groups in total. The van der Waals surface area contributed by atoms with Crippen LogP contribution in [0, 0.1) is 5.92 Å². The second kappa shape index (κ2) is 4.18. The van der Waals surface area contributed by atoms with E-state index in [9.17, 15) is 0 Å². The molecular weight excluding hydrogens is 236 g/mol. The second-order valence-corrected chi connectivity index (χ2v) is 4.97. The summed E-state index contributed by atoms with van der Waals surface area (Å²) >= 11 is 5.93. The van der Waals surface area contributed by atoms with Crippen LogP contribution in [-0.2, 0) is 6.42 Å². The molecule has 2 heterocycles. The average Bonchev–Trinajstić information content (AvgIpc) is 3.02. The topological polar surface area (TPSA) is 49.8 Å². The zero-order valence-corrected chi connectivity index (χ0v) is 10.3. The van der Waals surface area contributed by atoms with E-state index in [-0.39, 0.29) is 0 Å². The number of hydrogen-bond acceptors (Lipinski definition) is 4. The Kier molecular flexibility index (Phi) is 2.67. The zero-order chi connectivity index (χ0) is 11.8. The first-order chi connectivity index (χ1) is 8.24. The molecule has 1 unspecified atom stereocenters. The fraction of sp³-hybridized carbons (Fsp3) is 0.500. The summed E-state index contributed by atoms with van der Waals surface area (Å²) in [6.07, 6.45) is 3.19. The van der Waals surface area contributed by atoms with Crippen molar-refractivity contribution in [1.29, 1.82) is 0 Å². The number of anilines is 2. The molecule has 2 aliphatic rings. The molecule has 0 aromatic carbocycles. The minimum absolute atomic E-state index is 0.324. The summed E-state index contributed by atoms with van der Waals surface area (Å²) in [6, 6.07) is 0. The number of hydrogen-bond donors (Lipinski definition) is 2. The van der Waals surface area contributed by atoms with Gasteiger partial charge in [-0.2, -0.15) is 4.98 Å². The summed E-state index contributed by atoms with van der Waals surface area (Å²) in [5, 5.41) is 7.02. The predicted octanol–water partition coefficient (Wildman–Crippen LogP) is 2.48. The average molecular weight is 251 g/mol. The lowest BCUT2D eigenvalue weighted by atomic mass is 10.1. The number of halogens is 1. The van der Waals surface area contributed by atoms with Crippen molar-refractivity contribution in [2.24, 2.45) is 5.92 Å². The summed E-state index contributed by atoms with van der Waals surface area (Å²) in [6.45, 7) is 5.82. The van der Waals surface area contributed by atoms with E-state index in [1.165, 1.54) is 5.57 Å². The van der Waals surface area contributed by atoms with Crippen LogP contribution >= 0.6 is 11.6 Å². The highest BCUT2D eigenvalue weighted by Crippen LogP contribution is 2.36. The van der Waals surface area contributed by atoms with Crippen LogP contribution in [0.5, 0.6) is 0 Å². The molecule has 17 heavy (non-hydrogen) atoms. The van der Waals surface area contributed by atoms with Crippen LogP contribution in [0.3, 0.4) is 0 Å². The largest absolute Gasteiger partial charge is 0.381 e. The molecule has 0 spiro atoms. The first kappa shape index (κ1) is 10.8. The molecule has 5 heteroatoms. The Hall–Kier alpha value is -1.29. The lowest BCUT2D eigenvalue weighted by Crippen LogP contribution is -2.18. The molecule has 4 nitrogen and oxygen atoms in total. The third-order valence-electron chi connectivity index (χ3n) is 3.29. The third-order valence-corrected chi connectivity index (χ3v) is 3.46. The van der Waals surface area contributed by atoms with E-state index >= 15 is 0 Å². The molecule has 1 aliphatic heterocycles. The molecule has 1 saturated carbocycles. The number of aryl methyl sites for hydroxylation is 1. The fourth-order valence-corrected chi connectivity index (χ4v) is 2.32. The van der Waals surface area contributed by atoms with E-state index in [0.717, 1.165) is 49.6 Å². The van der Waals surface area contributed by atoms with E-state index in [2.05, 4.69) is 27.2 Å². The minimum Gasteiger partial charge on any atom is -0.381 e. The van der Waals surface area contributed by atoms with Crippen molar-refractivity contribution in [3.63, 3.8) is 0 Å². The van der Waals surface area contributed by atoms with Crippen molar-refractivity contribution in [3.05, 3.63) is 23.1 Å². The number of aromatic nitrogens is 2. The van der Waals surface area contributed by atoms with E-state index in [4.69, 9.17) is 11.6 Å². The fourth-order valence-electron chi connectivity index (χ4n) is 2.13. The standard InChI is InChI=1S/C12H15ClN4/c1-7-5-8(7)6-15-11-10-9(3-2-4-14-10)16-12(13)17-11/h8,14H,1-6H2,(H,15,16,17). The van der Waals surface area contributed by atoms with Crippen LogP contribution in [0.15, 0.2) is 12.2 Å². The van der Waals surface area contributed by atoms with Gasteiger partial charge in [0.05, 0.1) is 11.4 Å². The van der Waals surface area contributed by atoms with Crippen LogP contribution in [0.25, 0.3) is 0 Å². The number of nitrogens with zero attached hydrogens (tertiary/aromatic N) is 2. The van der Waals surface area contributed by atoms with E-state index in [1.54, 1.807) is 0 Å². The molecule has 1 fully saturated rings. The minimum atomic E-state index is 0.324. The molecule has 1 aromatic heterocycles. The van der Waals surface area contributed by atoms with Gasteiger partial charge in [0.1, 0.15) is 0 Å². The number of rotatable bonds is 3. The molecule has 0 saturated heterocycles. The Balaban J connectivity index is 1.81. The van der Waals surface area contributed by atoms with Gasteiger partial charge in [0, 0.05) is 19.0 Å². The van der Waals surface area contributed by atoms with Crippen molar-refractivity contribution in [2.45, 2.75) is 19.3 Å². The van der Waals surface area contributed by atoms with E-state index < -0.39 is 0 Å². The monoisotopic (exact) mass is 250 g/mol. The van der Waals surface area contributed by atoms with Crippen molar-refractivity contribution in [1.82, 2.24) is 9.97 Å². The van der Waals surface area contributed by atoms with Gasteiger partial charge in [-0.15, -0.1) is 0 Å². The molecule has 1 aliphatic carbocycles. The van der Waals surface area contributed by atoms with Crippen molar-refractivity contribution in [2.75, 3.05) is 23.7 Å². The Labute approximate surface area is 105 Å². The highest BCUT2D eigenvalue weighted by atomic mass is 35.5. The van der Waals surface area contributed by atoms with Gasteiger partial charge in [0.15, 0.2) is 5.82 Å². The third kappa shape index (κ3) is 2.22.